The largest absolute Gasteiger partial charge is 0.356 e. The van der Waals surface area contributed by atoms with Gasteiger partial charge in [-0.3, -0.25) is 4.99 Å². The highest BCUT2D eigenvalue weighted by molar-refractivity contribution is 14.0. The van der Waals surface area contributed by atoms with Crippen molar-refractivity contribution in [2.24, 2.45) is 4.99 Å². The standard InChI is InChI=1S/C19H35N7.HI/c1-16-22-18-10-9-17(15-26(18)24-16)23-19(20-2)21-11-5-3-6-12-25-13-7-4-8-14-25;/h17H,3-15H2,1-2H3,(H2,20,21,23);1H. The molecule has 1 unspecified atom stereocenters. The van der Waals surface area contributed by atoms with Gasteiger partial charge >= 0.3 is 0 Å². The third kappa shape index (κ3) is 7.21. The summed E-state index contributed by atoms with van der Waals surface area (Å²) in [6, 6.07) is 0.369. The average Bonchev–Trinajstić information content (AvgIpc) is 3.03. The number of likely N-dealkylation sites (tertiary alicyclic amines) is 1. The summed E-state index contributed by atoms with van der Waals surface area (Å²) in [5, 5.41) is 11.5. The number of hydrogen-bond donors (Lipinski definition) is 2. The number of piperidine rings is 1. The first-order chi connectivity index (χ1) is 12.7. The van der Waals surface area contributed by atoms with Gasteiger partial charge in [0.25, 0.3) is 0 Å². The molecule has 0 aliphatic carbocycles. The molecule has 0 amide bonds. The normalized spacial score (nSPS) is 20.7. The van der Waals surface area contributed by atoms with Gasteiger partial charge < -0.3 is 15.5 Å². The summed E-state index contributed by atoms with van der Waals surface area (Å²) in [5.41, 5.74) is 0. The Morgan fingerprint density at radius 3 is 2.78 bits per heavy atom. The van der Waals surface area contributed by atoms with Gasteiger partial charge in [0.2, 0.25) is 0 Å². The first kappa shape index (κ1) is 22.4. The van der Waals surface area contributed by atoms with Crippen molar-refractivity contribution in [2.75, 3.05) is 33.2 Å². The zero-order valence-electron chi connectivity index (χ0n) is 16.9. The van der Waals surface area contributed by atoms with E-state index in [0.717, 1.165) is 43.5 Å². The van der Waals surface area contributed by atoms with Crippen LogP contribution >= 0.6 is 24.0 Å². The van der Waals surface area contributed by atoms with E-state index in [4.69, 9.17) is 0 Å². The summed E-state index contributed by atoms with van der Waals surface area (Å²) in [7, 11) is 1.85. The van der Waals surface area contributed by atoms with Crippen LogP contribution in [0.4, 0.5) is 0 Å². The number of fused-ring (bicyclic) bond motifs is 1. The van der Waals surface area contributed by atoms with E-state index in [1.165, 1.54) is 58.2 Å². The van der Waals surface area contributed by atoms with Crippen LogP contribution in [0.2, 0.25) is 0 Å². The highest BCUT2D eigenvalue weighted by Gasteiger charge is 2.21. The monoisotopic (exact) mass is 489 g/mol. The molecule has 2 aliphatic rings. The number of aliphatic imine (C=N–C) groups is 1. The molecule has 27 heavy (non-hydrogen) atoms. The van der Waals surface area contributed by atoms with E-state index < -0.39 is 0 Å². The Balaban J connectivity index is 0.00000261. The van der Waals surface area contributed by atoms with Crippen molar-refractivity contribution in [1.29, 1.82) is 0 Å². The molecule has 2 aliphatic heterocycles. The van der Waals surface area contributed by atoms with E-state index in [9.17, 15) is 0 Å². The average molecular weight is 489 g/mol. The Labute approximate surface area is 180 Å². The summed E-state index contributed by atoms with van der Waals surface area (Å²) in [4.78, 5) is 11.5. The number of halogens is 1. The van der Waals surface area contributed by atoms with Gasteiger partial charge in [0, 0.05) is 26.1 Å². The van der Waals surface area contributed by atoms with Crippen molar-refractivity contribution >= 4 is 29.9 Å². The molecule has 1 aromatic heterocycles. The molecule has 0 spiro atoms. The van der Waals surface area contributed by atoms with Crippen molar-refractivity contribution in [1.82, 2.24) is 30.3 Å². The van der Waals surface area contributed by atoms with Crippen LogP contribution in [-0.2, 0) is 13.0 Å². The molecule has 0 aromatic carbocycles. The fraction of sp³-hybridized carbons (Fsp3) is 0.842. The molecule has 3 heterocycles. The molecule has 1 atom stereocenters. The van der Waals surface area contributed by atoms with Crippen molar-refractivity contribution in [2.45, 2.75) is 70.9 Å². The fourth-order valence-electron chi connectivity index (χ4n) is 3.97. The fourth-order valence-corrected chi connectivity index (χ4v) is 3.97. The van der Waals surface area contributed by atoms with Crippen molar-refractivity contribution in [3.05, 3.63) is 11.6 Å². The lowest BCUT2D eigenvalue weighted by atomic mass is 10.1. The van der Waals surface area contributed by atoms with E-state index in [2.05, 4.69) is 30.6 Å². The van der Waals surface area contributed by atoms with Crippen LogP contribution in [-0.4, -0.2) is 64.9 Å². The molecular formula is C19H36IN7. The number of nitrogens with zero attached hydrogens (tertiary/aromatic N) is 5. The molecule has 3 rings (SSSR count). The first-order valence-corrected chi connectivity index (χ1v) is 10.3. The Bertz CT molecular complexity index is 581. The predicted molar refractivity (Wildman–Crippen MR) is 121 cm³/mol. The molecule has 8 heteroatoms. The SMILES string of the molecule is CN=C(NCCCCCN1CCCCC1)NC1CCc2nc(C)nn2C1.I. The topological polar surface area (TPSA) is 70.4 Å². The summed E-state index contributed by atoms with van der Waals surface area (Å²) >= 11 is 0. The maximum atomic E-state index is 4.47. The lowest BCUT2D eigenvalue weighted by Gasteiger charge is -2.26. The number of rotatable bonds is 7. The van der Waals surface area contributed by atoms with Crippen LogP contribution in [0.5, 0.6) is 0 Å². The zero-order valence-corrected chi connectivity index (χ0v) is 19.2. The van der Waals surface area contributed by atoms with E-state index in [1.807, 2.05) is 18.7 Å². The molecule has 1 fully saturated rings. The number of hydrogen-bond acceptors (Lipinski definition) is 4. The highest BCUT2D eigenvalue weighted by Crippen LogP contribution is 2.13. The first-order valence-electron chi connectivity index (χ1n) is 10.3. The van der Waals surface area contributed by atoms with Gasteiger partial charge in [0.15, 0.2) is 5.96 Å². The second-order valence-electron chi connectivity index (χ2n) is 7.60. The van der Waals surface area contributed by atoms with E-state index >= 15 is 0 Å². The molecule has 0 radical (unpaired) electrons. The van der Waals surface area contributed by atoms with Crippen LogP contribution < -0.4 is 10.6 Å². The Morgan fingerprint density at radius 1 is 1.19 bits per heavy atom. The maximum absolute atomic E-state index is 4.47. The molecule has 154 valence electrons. The van der Waals surface area contributed by atoms with Crippen LogP contribution in [0.3, 0.4) is 0 Å². The Morgan fingerprint density at radius 2 is 2.00 bits per heavy atom. The van der Waals surface area contributed by atoms with Crippen LogP contribution in [0, 0.1) is 6.92 Å². The number of aromatic nitrogens is 3. The second-order valence-corrected chi connectivity index (χ2v) is 7.60. The molecule has 2 N–H and O–H groups in total. The zero-order chi connectivity index (χ0) is 18.2. The van der Waals surface area contributed by atoms with E-state index in [0.29, 0.717) is 6.04 Å². The molecule has 7 nitrogen and oxygen atoms in total. The molecule has 1 saturated heterocycles. The second kappa shape index (κ2) is 11.8. The highest BCUT2D eigenvalue weighted by atomic mass is 127. The van der Waals surface area contributed by atoms with Gasteiger partial charge in [0.1, 0.15) is 11.6 Å². The van der Waals surface area contributed by atoms with E-state index in [1.54, 1.807) is 0 Å². The van der Waals surface area contributed by atoms with Crippen molar-refractivity contribution < 1.29 is 0 Å². The predicted octanol–water partition coefficient (Wildman–Crippen LogP) is 2.34. The van der Waals surface area contributed by atoms with Gasteiger partial charge in [-0.25, -0.2) is 9.67 Å². The summed E-state index contributed by atoms with van der Waals surface area (Å²) in [6.07, 6.45) is 10.1. The number of nitrogens with one attached hydrogen (secondary N) is 2. The van der Waals surface area contributed by atoms with Crippen LogP contribution in [0.1, 0.15) is 56.6 Å². The lowest BCUT2D eigenvalue weighted by molar-refractivity contribution is 0.224. The smallest absolute Gasteiger partial charge is 0.191 e. The van der Waals surface area contributed by atoms with Crippen molar-refractivity contribution in [3.8, 4) is 0 Å². The third-order valence-corrected chi connectivity index (χ3v) is 5.42. The minimum absolute atomic E-state index is 0. The maximum Gasteiger partial charge on any atom is 0.191 e. The molecular weight excluding hydrogens is 453 g/mol. The van der Waals surface area contributed by atoms with Gasteiger partial charge in [0.05, 0.1) is 6.54 Å². The van der Waals surface area contributed by atoms with Gasteiger partial charge in [-0.2, -0.15) is 5.10 Å². The summed E-state index contributed by atoms with van der Waals surface area (Å²) in [5.74, 6) is 2.89. The Kier molecular flexibility index (Phi) is 9.81. The third-order valence-electron chi connectivity index (χ3n) is 5.42. The quantitative estimate of drug-likeness (QED) is 0.266. The Hall–Kier alpha value is -0.900. The molecule has 1 aromatic rings. The minimum atomic E-state index is 0. The van der Waals surface area contributed by atoms with Crippen LogP contribution in [0.25, 0.3) is 0 Å². The number of unbranched alkanes of at least 4 members (excludes halogenated alkanes) is 2. The van der Waals surface area contributed by atoms with Gasteiger partial charge in [-0.1, -0.05) is 12.8 Å². The van der Waals surface area contributed by atoms with Gasteiger partial charge in [-0.15, -0.1) is 24.0 Å². The van der Waals surface area contributed by atoms with E-state index in [-0.39, 0.29) is 24.0 Å². The molecule has 0 bridgehead atoms. The molecule has 0 saturated carbocycles. The van der Waals surface area contributed by atoms with Gasteiger partial charge in [-0.05, 0) is 58.7 Å². The minimum Gasteiger partial charge on any atom is -0.356 e. The van der Waals surface area contributed by atoms with Crippen molar-refractivity contribution in [3.63, 3.8) is 0 Å². The summed E-state index contributed by atoms with van der Waals surface area (Å²) in [6.45, 7) is 7.70. The number of guanidine groups is 1. The van der Waals surface area contributed by atoms with Crippen LogP contribution in [0.15, 0.2) is 4.99 Å². The number of aryl methyl sites for hydroxylation is 2. The lowest BCUT2D eigenvalue weighted by Crippen LogP contribution is -2.47. The summed E-state index contributed by atoms with van der Waals surface area (Å²) < 4.78 is 2.03.